The number of aromatic nitrogens is 2. The van der Waals surface area contributed by atoms with E-state index in [-0.39, 0.29) is 5.91 Å². The summed E-state index contributed by atoms with van der Waals surface area (Å²) in [4.78, 5) is 12.5. The smallest absolute Gasteiger partial charge is 0.257 e. The Hall–Kier alpha value is -2.21. The van der Waals surface area contributed by atoms with Gasteiger partial charge in [-0.15, -0.1) is 0 Å². The highest BCUT2D eigenvalue weighted by Crippen LogP contribution is 2.36. The first-order valence-electron chi connectivity index (χ1n) is 7.79. The number of nitrogens with zero attached hydrogens (tertiary/aromatic N) is 2. The van der Waals surface area contributed by atoms with Gasteiger partial charge >= 0.3 is 0 Å². The first kappa shape index (κ1) is 18.1. The second kappa shape index (κ2) is 8.06. The summed E-state index contributed by atoms with van der Waals surface area (Å²) in [6.07, 6.45) is 1.66. The largest absolute Gasteiger partial charge is 0.493 e. The van der Waals surface area contributed by atoms with Gasteiger partial charge in [0.2, 0.25) is 0 Å². The molecule has 6 nitrogen and oxygen atoms in total. The SMILES string of the molecule is CCOc1c(Cl)cc(C(=O)Nc2ccnn2CC(C)C)cc1OC. The fourth-order valence-electron chi connectivity index (χ4n) is 2.25. The molecule has 1 aromatic heterocycles. The molecule has 1 aromatic carbocycles. The quantitative estimate of drug-likeness (QED) is 0.822. The lowest BCUT2D eigenvalue weighted by molar-refractivity contribution is 0.102. The lowest BCUT2D eigenvalue weighted by Crippen LogP contribution is -2.17. The van der Waals surface area contributed by atoms with Crippen molar-refractivity contribution in [2.45, 2.75) is 27.3 Å². The fraction of sp³-hybridized carbons (Fsp3) is 0.412. The average molecular weight is 352 g/mol. The molecule has 1 amide bonds. The first-order valence-corrected chi connectivity index (χ1v) is 8.17. The molecule has 24 heavy (non-hydrogen) atoms. The number of nitrogens with one attached hydrogen (secondary N) is 1. The molecule has 0 aliphatic carbocycles. The van der Waals surface area contributed by atoms with Gasteiger partial charge in [-0.3, -0.25) is 4.79 Å². The van der Waals surface area contributed by atoms with E-state index in [4.69, 9.17) is 21.1 Å². The van der Waals surface area contributed by atoms with Crippen LogP contribution in [0.5, 0.6) is 11.5 Å². The number of carbonyl (C=O) groups is 1. The lowest BCUT2D eigenvalue weighted by Gasteiger charge is -2.14. The first-order chi connectivity index (χ1) is 11.5. The van der Waals surface area contributed by atoms with Crippen LogP contribution < -0.4 is 14.8 Å². The lowest BCUT2D eigenvalue weighted by atomic mass is 10.2. The van der Waals surface area contributed by atoms with Crippen LogP contribution in [-0.2, 0) is 6.54 Å². The summed E-state index contributed by atoms with van der Waals surface area (Å²) >= 11 is 6.22. The van der Waals surface area contributed by atoms with Crippen molar-refractivity contribution in [2.75, 3.05) is 19.0 Å². The fourth-order valence-corrected chi connectivity index (χ4v) is 2.52. The molecule has 0 unspecified atom stereocenters. The second-order valence-corrected chi connectivity index (χ2v) is 6.08. The van der Waals surface area contributed by atoms with Crippen molar-refractivity contribution in [1.82, 2.24) is 9.78 Å². The molecular weight excluding hydrogens is 330 g/mol. The molecule has 7 heteroatoms. The molecule has 0 radical (unpaired) electrons. The molecule has 2 aromatic rings. The van der Waals surface area contributed by atoms with Crippen LogP contribution in [0.4, 0.5) is 5.82 Å². The number of halogens is 1. The highest BCUT2D eigenvalue weighted by atomic mass is 35.5. The number of hydrogen-bond donors (Lipinski definition) is 1. The van der Waals surface area contributed by atoms with Crippen molar-refractivity contribution < 1.29 is 14.3 Å². The Morgan fingerprint density at radius 3 is 2.79 bits per heavy atom. The summed E-state index contributed by atoms with van der Waals surface area (Å²) in [6, 6.07) is 4.93. The third-order valence-electron chi connectivity index (χ3n) is 3.28. The zero-order chi connectivity index (χ0) is 17.7. The van der Waals surface area contributed by atoms with Crippen LogP contribution in [0.2, 0.25) is 5.02 Å². The number of methoxy groups -OCH3 is 1. The molecule has 2 rings (SSSR count). The summed E-state index contributed by atoms with van der Waals surface area (Å²) in [5, 5.41) is 7.40. The van der Waals surface area contributed by atoms with Crippen molar-refractivity contribution >= 4 is 23.3 Å². The molecule has 0 aliphatic rings. The highest BCUT2D eigenvalue weighted by molar-refractivity contribution is 6.32. The van der Waals surface area contributed by atoms with Crippen LogP contribution in [-0.4, -0.2) is 29.4 Å². The molecule has 0 atom stereocenters. The molecule has 0 spiro atoms. The molecule has 1 N–H and O–H groups in total. The molecular formula is C17H22ClN3O3. The number of hydrogen-bond acceptors (Lipinski definition) is 4. The third kappa shape index (κ3) is 4.20. The Morgan fingerprint density at radius 1 is 1.42 bits per heavy atom. The molecule has 0 bridgehead atoms. The van der Waals surface area contributed by atoms with Gasteiger partial charge in [-0.1, -0.05) is 25.4 Å². The third-order valence-corrected chi connectivity index (χ3v) is 3.56. The number of ether oxygens (including phenoxy) is 2. The molecule has 0 saturated carbocycles. The van der Waals surface area contributed by atoms with Gasteiger partial charge in [0.05, 0.1) is 24.9 Å². The number of benzene rings is 1. The number of anilines is 1. The predicted molar refractivity (Wildman–Crippen MR) is 94.2 cm³/mol. The van der Waals surface area contributed by atoms with E-state index in [1.165, 1.54) is 7.11 Å². The minimum absolute atomic E-state index is 0.288. The van der Waals surface area contributed by atoms with Crippen LogP contribution in [0.15, 0.2) is 24.4 Å². The summed E-state index contributed by atoms with van der Waals surface area (Å²) < 4.78 is 12.5. The molecule has 0 saturated heterocycles. The van der Waals surface area contributed by atoms with Gasteiger partial charge in [0, 0.05) is 18.2 Å². The van der Waals surface area contributed by atoms with Crippen LogP contribution in [0.3, 0.4) is 0 Å². The monoisotopic (exact) mass is 351 g/mol. The summed E-state index contributed by atoms with van der Waals surface area (Å²) in [7, 11) is 1.51. The maximum Gasteiger partial charge on any atom is 0.257 e. The van der Waals surface area contributed by atoms with E-state index in [0.29, 0.717) is 40.4 Å². The molecule has 0 fully saturated rings. The van der Waals surface area contributed by atoms with E-state index in [2.05, 4.69) is 24.3 Å². The Bertz CT molecular complexity index is 713. The van der Waals surface area contributed by atoms with E-state index in [0.717, 1.165) is 6.54 Å². The number of amides is 1. The van der Waals surface area contributed by atoms with Gasteiger partial charge in [0.25, 0.3) is 5.91 Å². The molecule has 0 aliphatic heterocycles. The topological polar surface area (TPSA) is 65.4 Å². The van der Waals surface area contributed by atoms with Crippen molar-refractivity contribution in [3.05, 3.63) is 35.0 Å². The van der Waals surface area contributed by atoms with Gasteiger partial charge in [-0.05, 0) is 25.0 Å². The summed E-state index contributed by atoms with van der Waals surface area (Å²) in [5.74, 6) is 1.62. The van der Waals surface area contributed by atoms with Crippen LogP contribution in [0.1, 0.15) is 31.1 Å². The highest BCUT2D eigenvalue weighted by Gasteiger charge is 2.17. The number of rotatable bonds is 7. The zero-order valence-corrected chi connectivity index (χ0v) is 15.1. The number of carbonyl (C=O) groups excluding carboxylic acids is 1. The maximum atomic E-state index is 12.5. The van der Waals surface area contributed by atoms with Crippen molar-refractivity contribution in [1.29, 1.82) is 0 Å². The van der Waals surface area contributed by atoms with Gasteiger partial charge in [-0.2, -0.15) is 5.10 Å². The van der Waals surface area contributed by atoms with E-state index >= 15 is 0 Å². The van der Waals surface area contributed by atoms with Crippen LogP contribution >= 0.6 is 11.6 Å². The van der Waals surface area contributed by atoms with Crippen molar-refractivity contribution in [3.8, 4) is 11.5 Å². The van der Waals surface area contributed by atoms with Crippen molar-refractivity contribution in [3.63, 3.8) is 0 Å². The van der Waals surface area contributed by atoms with E-state index in [1.807, 2.05) is 6.92 Å². The van der Waals surface area contributed by atoms with Gasteiger partial charge < -0.3 is 14.8 Å². The minimum atomic E-state index is -0.288. The normalized spacial score (nSPS) is 10.8. The van der Waals surface area contributed by atoms with Crippen LogP contribution in [0.25, 0.3) is 0 Å². The Kier molecular flexibility index (Phi) is 6.09. The van der Waals surface area contributed by atoms with E-state index < -0.39 is 0 Å². The minimum Gasteiger partial charge on any atom is -0.493 e. The van der Waals surface area contributed by atoms with Crippen LogP contribution in [0, 0.1) is 5.92 Å². The average Bonchev–Trinajstić information content (AvgIpc) is 2.95. The van der Waals surface area contributed by atoms with Gasteiger partial charge in [0.15, 0.2) is 11.5 Å². The second-order valence-electron chi connectivity index (χ2n) is 5.67. The van der Waals surface area contributed by atoms with Gasteiger partial charge in [-0.25, -0.2) is 4.68 Å². The standard InChI is InChI=1S/C17H22ClN3O3/c1-5-24-16-13(18)8-12(9-14(16)23-4)17(22)20-15-6-7-19-21(15)10-11(2)3/h6-9,11H,5,10H2,1-4H3,(H,20,22). The summed E-state index contributed by atoms with van der Waals surface area (Å²) in [5.41, 5.74) is 0.387. The van der Waals surface area contributed by atoms with E-state index in [1.54, 1.807) is 29.1 Å². The molecule has 1 heterocycles. The Labute approximate surface area is 146 Å². The Morgan fingerprint density at radius 2 is 2.17 bits per heavy atom. The maximum absolute atomic E-state index is 12.5. The van der Waals surface area contributed by atoms with Crippen molar-refractivity contribution in [2.24, 2.45) is 5.92 Å². The van der Waals surface area contributed by atoms with Gasteiger partial charge in [0.1, 0.15) is 5.82 Å². The zero-order valence-electron chi connectivity index (χ0n) is 14.3. The van der Waals surface area contributed by atoms with E-state index in [9.17, 15) is 4.79 Å². The molecule has 130 valence electrons. The Balaban J connectivity index is 2.24. The summed E-state index contributed by atoms with van der Waals surface area (Å²) in [6.45, 7) is 7.20. The predicted octanol–water partition coefficient (Wildman–Crippen LogP) is 3.85.